The van der Waals surface area contributed by atoms with E-state index in [-0.39, 0.29) is 5.41 Å². The lowest BCUT2D eigenvalue weighted by Gasteiger charge is -2.21. The molecule has 1 aliphatic heterocycles. The zero-order chi connectivity index (χ0) is 12.0. The quantitative estimate of drug-likeness (QED) is 0.842. The van der Waals surface area contributed by atoms with Gasteiger partial charge in [-0.3, -0.25) is 0 Å². The fourth-order valence-electron chi connectivity index (χ4n) is 2.90. The average Bonchev–Trinajstić information content (AvgIpc) is 2.72. The van der Waals surface area contributed by atoms with Gasteiger partial charge in [-0.2, -0.15) is 0 Å². The van der Waals surface area contributed by atoms with Gasteiger partial charge < -0.3 is 10.3 Å². The minimum Gasteiger partial charge on any atom is -0.347 e. The Bertz CT molecular complexity index is 564. The molecule has 0 fully saturated rings. The van der Waals surface area contributed by atoms with Crippen LogP contribution in [0, 0.1) is 0 Å². The summed E-state index contributed by atoms with van der Waals surface area (Å²) < 4.78 is 2.42. The maximum Gasteiger partial charge on any atom is 0.0515 e. The molecule has 0 amide bonds. The highest BCUT2D eigenvalue weighted by atomic mass is 15.0. The second kappa shape index (κ2) is 3.61. The number of nitrogens with two attached hydrogens (primary N) is 1. The van der Waals surface area contributed by atoms with E-state index in [0.29, 0.717) is 6.54 Å². The van der Waals surface area contributed by atoms with Crippen molar-refractivity contribution in [1.29, 1.82) is 0 Å². The van der Waals surface area contributed by atoms with Crippen LogP contribution in [0.25, 0.3) is 10.9 Å². The monoisotopic (exact) mass is 228 g/mol. The zero-order valence-electron chi connectivity index (χ0n) is 10.7. The molecule has 2 N–H and O–H groups in total. The van der Waals surface area contributed by atoms with Crippen LogP contribution in [0.2, 0.25) is 0 Å². The Labute approximate surface area is 102 Å². The number of nitrogens with zero attached hydrogens (tertiary/aromatic N) is 1. The van der Waals surface area contributed by atoms with Crippen LogP contribution in [-0.4, -0.2) is 11.1 Å². The standard InChI is InChI=1S/C15H20N2/c1-15(2,10-16)13-9-17-8-4-6-11-5-3-7-12(13)14(11)17/h3,5,7,9H,4,6,8,10,16H2,1-2H3. The van der Waals surface area contributed by atoms with Crippen LogP contribution < -0.4 is 5.73 Å². The molecular weight excluding hydrogens is 208 g/mol. The first-order valence-electron chi connectivity index (χ1n) is 6.45. The number of hydrogen-bond donors (Lipinski definition) is 1. The smallest absolute Gasteiger partial charge is 0.0515 e. The SMILES string of the molecule is CC(C)(CN)c1cn2c3c(cccc13)CCC2. The van der Waals surface area contributed by atoms with Gasteiger partial charge in [-0.1, -0.05) is 32.0 Å². The third-order valence-electron chi connectivity index (χ3n) is 4.07. The summed E-state index contributed by atoms with van der Waals surface area (Å²) in [7, 11) is 0. The summed E-state index contributed by atoms with van der Waals surface area (Å²) in [5, 5.41) is 1.40. The molecule has 0 atom stereocenters. The lowest BCUT2D eigenvalue weighted by atomic mass is 9.84. The van der Waals surface area contributed by atoms with Gasteiger partial charge in [0.05, 0.1) is 5.52 Å². The van der Waals surface area contributed by atoms with Crippen LogP contribution in [0.3, 0.4) is 0 Å². The van der Waals surface area contributed by atoms with Gasteiger partial charge >= 0.3 is 0 Å². The fraction of sp³-hybridized carbons (Fsp3) is 0.467. The van der Waals surface area contributed by atoms with Crippen molar-refractivity contribution in [3.8, 4) is 0 Å². The van der Waals surface area contributed by atoms with Crippen molar-refractivity contribution in [2.24, 2.45) is 5.73 Å². The summed E-state index contributed by atoms with van der Waals surface area (Å²) in [6.07, 6.45) is 4.79. The molecule has 0 saturated heterocycles. The van der Waals surface area contributed by atoms with E-state index in [1.54, 1.807) is 0 Å². The summed E-state index contributed by atoms with van der Waals surface area (Å²) in [5.74, 6) is 0. The highest BCUT2D eigenvalue weighted by Crippen LogP contribution is 2.35. The number of hydrogen-bond acceptors (Lipinski definition) is 1. The average molecular weight is 228 g/mol. The number of para-hydroxylation sites is 1. The highest BCUT2D eigenvalue weighted by molar-refractivity contribution is 5.88. The van der Waals surface area contributed by atoms with Gasteiger partial charge in [-0.05, 0) is 24.0 Å². The number of aromatic nitrogens is 1. The van der Waals surface area contributed by atoms with Crippen LogP contribution in [0.5, 0.6) is 0 Å². The number of aryl methyl sites for hydroxylation is 2. The van der Waals surface area contributed by atoms with Crippen LogP contribution in [0.15, 0.2) is 24.4 Å². The van der Waals surface area contributed by atoms with Crippen molar-refractivity contribution in [3.05, 3.63) is 35.5 Å². The van der Waals surface area contributed by atoms with Gasteiger partial charge in [0.15, 0.2) is 0 Å². The van der Waals surface area contributed by atoms with Crippen molar-refractivity contribution >= 4 is 10.9 Å². The van der Waals surface area contributed by atoms with Gasteiger partial charge in [0.1, 0.15) is 0 Å². The Balaban J connectivity index is 2.33. The first kappa shape index (κ1) is 10.8. The molecule has 0 unspecified atom stereocenters. The van der Waals surface area contributed by atoms with E-state index in [0.717, 1.165) is 6.54 Å². The molecule has 2 aromatic rings. The lowest BCUT2D eigenvalue weighted by Crippen LogP contribution is -2.27. The van der Waals surface area contributed by atoms with Gasteiger partial charge in [0.2, 0.25) is 0 Å². The van der Waals surface area contributed by atoms with Crippen LogP contribution in [0.1, 0.15) is 31.4 Å². The Hall–Kier alpha value is -1.28. The molecule has 3 rings (SSSR count). The summed E-state index contributed by atoms with van der Waals surface area (Å²) in [6.45, 7) is 6.30. The Morgan fingerprint density at radius 2 is 2.18 bits per heavy atom. The molecule has 1 aromatic heterocycles. The maximum atomic E-state index is 5.92. The first-order chi connectivity index (χ1) is 8.13. The molecule has 2 heterocycles. The molecule has 0 aliphatic carbocycles. The van der Waals surface area contributed by atoms with Crippen LogP contribution in [-0.2, 0) is 18.4 Å². The predicted molar refractivity (Wildman–Crippen MR) is 72.3 cm³/mol. The van der Waals surface area contributed by atoms with Crippen molar-refractivity contribution in [1.82, 2.24) is 4.57 Å². The fourth-order valence-corrected chi connectivity index (χ4v) is 2.90. The van der Waals surface area contributed by atoms with E-state index in [2.05, 4.69) is 42.8 Å². The summed E-state index contributed by atoms with van der Waals surface area (Å²) in [4.78, 5) is 0. The number of rotatable bonds is 2. The van der Waals surface area contributed by atoms with E-state index >= 15 is 0 Å². The minimum atomic E-state index is 0.0620. The molecule has 90 valence electrons. The Kier molecular flexibility index (Phi) is 2.30. The summed E-state index contributed by atoms with van der Waals surface area (Å²) in [5.41, 5.74) is 10.3. The van der Waals surface area contributed by atoms with E-state index in [1.807, 2.05) is 0 Å². The summed E-state index contributed by atoms with van der Waals surface area (Å²) in [6, 6.07) is 6.69. The molecule has 0 bridgehead atoms. The predicted octanol–water partition coefficient (Wildman–Crippen LogP) is 2.82. The van der Waals surface area contributed by atoms with E-state index in [4.69, 9.17) is 5.73 Å². The second-order valence-electron chi connectivity index (χ2n) is 5.74. The zero-order valence-corrected chi connectivity index (χ0v) is 10.7. The van der Waals surface area contributed by atoms with Crippen molar-refractivity contribution < 1.29 is 0 Å². The Morgan fingerprint density at radius 1 is 1.35 bits per heavy atom. The van der Waals surface area contributed by atoms with Crippen molar-refractivity contribution in [2.75, 3.05) is 6.54 Å². The van der Waals surface area contributed by atoms with Crippen molar-refractivity contribution in [3.63, 3.8) is 0 Å². The normalized spacial score (nSPS) is 15.5. The summed E-state index contributed by atoms with van der Waals surface area (Å²) >= 11 is 0. The van der Waals surface area contributed by atoms with E-state index < -0.39 is 0 Å². The third kappa shape index (κ3) is 1.51. The van der Waals surface area contributed by atoms with E-state index in [9.17, 15) is 0 Å². The molecule has 0 saturated carbocycles. The molecular formula is C15H20N2. The first-order valence-corrected chi connectivity index (χ1v) is 6.45. The maximum absolute atomic E-state index is 5.92. The minimum absolute atomic E-state index is 0.0620. The third-order valence-corrected chi connectivity index (χ3v) is 4.07. The van der Waals surface area contributed by atoms with Gasteiger partial charge in [-0.25, -0.2) is 0 Å². The van der Waals surface area contributed by atoms with Gasteiger partial charge in [0.25, 0.3) is 0 Å². The molecule has 1 aromatic carbocycles. The van der Waals surface area contributed by atoms with Gasteiger partial charge in [0, 0.05) is 30.1 Å². The van der Waals surface area contributed by atoms with Gasteiger partial charge in [-0.15, -0.1) is 0 Å². The molecule has 0 spiro atoms. The molecule has 17 heavy (non-hydrogen) atoms. The van der Waals surface area contributed by atoms with Crippen LogP contribution in [0.4, 0.5) is 0 Å². The van der Waals surface area contributed by atoms with E-state index in [1.165, 1.54) is 34.9 Å². The largest absolute Gasteiger partial charge is 0.347 e. The molecule has 1 aliphatic rings. The second-order valence-corrected chi connectivity index (χ2v) is 5.74. The molecule has 2 nitrogen and oxygen atoms in total. The number of benzene rings is 1. The topological polar surface area (TPSA) is 30.9 Å². The lowest BCUT2D eigenvalue weighted by molar-refractivity contribution is 0.538. The Morgan fingerprint density at radius 3 is 2.94 bits per heavy atom. The highest BCUT2D eigenvalue weighted by Gasteiger charge is 2.25. The van der Waals surface area contributed by atoms with Crippen molar-refractivity contribution in [2.45, 2.75) is 38.6 Å². The molecule has 0 radical (unpaired) electrons. The molecule has 2 heteroatoms. The van der Waals surface area contributed by atoms with Crippen LogP contribution >= 0.6 is 0 Å².